The van der Waals surface area contributed by atoms with Gasteiger partial charge in [-0.15, -0.1) is 0 Å². The molecule has 0 atom stereocenters. The van der Waals surface area contributed by atoms with E-state index in [1.165, 1.54) is 0 Å². The van der Waals surface area contributed by atoms with E-state index in [-0.39, 0.29) is 0 Å². The van der Waals surface area contributed by atoms with E-state index < -0.39 is 0 Å². The number of halogens is 2. The van der Waals surface area contributed by atoms with Crippen LogP contribution >= 0.6 is 31.9 Å². The van der Waals surface area contributed by atoms with Crippen molar-refractivity contribution in [2.45, 2.75) is 6.42 Å². The summed E-state index contributed by atoms with van der Waals surface area (Å²) in [6.07, 6.45) is 0.464. The third kappa shape index (κ3) is 2.32. The van der Waals surface area contributed by atoms with Crippen LogP contribution in [-0.4, -0.2) is 0 Å². The van der Waals surface area contributed by atoms with E-state index in [0.29, 0.717) is 6.42 Å². The van der Waals surface area contributed by atoms with Gasteiger partial charge in [-0.05, 0) is 49.6 Å². The van der Waals surface area contributed by atoms with Crippen molar-refractivity contribution < 1.29 is 0 Å². The Labute approximate surface area is 82.3 Å². The topological polar surface area (TPSA) is 23.8 Å². The van der Waals surface area contributed by atoms with Crippen LogP contribution in [0, 0.1) is 11.3 Å². The zero-order valence-corrected chi connectivity index (χ0v) is 8.81. The maximum Gasteiger partial charge on any atom is 0.0669 e. The summed E-state index contributed by atoms with van der Waals surface area (Å²) in [6, 6.07) is 7.89. The molecule has 0 spiro atoms. The second kappa shape index (κ2) is 3.89. The Morgan fingerprint density at radius 3 is 2.55 bits per heavy atom. The van der Waals surface area contributed by atoms with E-state index in [4.69, 9.17) is 5.26 Å². The highest BCUT2D eigenvalue weighted by Crippen LogP contribution is 2.23. The minimum Gasteiger partial charge on any atom is -0.198 e. The lowest BCUT2D eigenvalue weighted by atomic mass is 10.2. The van der Waals surface area contributed by atoms with Gasteiger partial charge in [0.1, 0.15) is 0 Å². The van der Waals surface area contributed by atoms with Crippen LogP contribution in [0.3, 0.4) is 0 Å². The van der Waals surface area contributed by atoms with E-state index in [2.05, 4.69) is 37.9 Å². The highest BCUT2D eigenvalue weighted by Gasteiger charge is 1.96. The third-order valence-corrected chi connectivity index (χ3v) is 3.15. The summed E-state index contributed by atoms with van der Waals surface area (Å²) >= 11 is 6.71. The minimum absolute atomic E-state index is 0.464. The van der Waals surface area contributed by atoms with Gasteiger partial charge in [-0.2, -0.15) is 5.26 Å². The van der Waals surface area contributed by atoms with Gasteiger partial charge in [-0.3, -0.25) is 0 Å². The zero-order valence-electron chi connectivity index (χ0n) is 5.64. The van der Waals surface area contributed by atoms with Crippen molar-refractivity contribution in [3.8, 4) is 6.07 Å². The quantitative estimate of drug-likeness (QED) is 0.771. The summed E-state index contributed by atoms with van der Waals surface area (Å²) in [6.45, 7) is 0. The maximum atomic E-state index is 8.40. The third-order valence-electron chi connectivity index (χ3n) is 1.27. The summed E-state index contributed by atoms with van der Waals surface area (Å²) < 4.78 is 2.00. The first kappa shape index (κ1) is 8.76. The van der Waals surface area contributed by atoms with Gasteiger partial charge >= 0.3 is 0 Å². The molecule has 0 N–H and O–H groups in total. The smallest absolute Gasteiger partial charge is 0.0669 e. The lowest BCUT2D eigenvalue weighted by Gasteiger charge is -1.97. The average Bonchev–Trinajstić information content (AvgIpc) is 1.98. The highest BCUT2D eigenvalue weighted by atomic mass is 79.9. The Morgan fingerprint density at radius 2 is 2.00 bits per heavy atom. The number of nitriles is 1. The van der Waals surface area contributed by atoms with Gasteiger partial charge in [0.15, 0.2) is 0 Å². The lowest BCUT2D eigenvalue weighted by Crippen LogP contribution is -1.80. The number of hydrogen-bond donors (Lipinski definition) is 0. The monoisotopic (exact) mass is 273 g/mol. The molecule has 0 aromatic heterocycles. The van der Waals surface area contributed by atoms with Gasteiger partial charge in [-0.25, -0.2) is 0 Å². The van der Waals surface area contributed by atoms with Crippen LogP contribution in [0.1, 0.15) is 5.56 Å². The molecule has 0 fully saturated rings. The van der Waals surface area contributed by atoms with Crippen LogP contribution in [-0.2, 0) is 6.42 Å². The van der Waals surface area contributed by atoms with Gasteiger partial charge in [0.25, 0.3) is 0 Å². The van der Waals surface area contributed by atoms with Crippen LogP contribution in [0.15, 0.2) is 27.1 Å². The Morgan fingerprint density at radius 1 is 1.27 bits per heavy atom. The van der Waals surface area contributed by atoms with Crippen molar-refractivity contribution >= 4 is 31.9 Å². The fourth-order valence-corrected chi connectivity index (χ4v) is 1.41. The Bertz CT molecular complexity index is 301. The lowest BCUT2D eigenvalue weighted by molar-refractivity contribution is 1.25. The van der Waals surface area contributed by atoms with Crippen molar-refractivity contribution in [3.05, 3.63) is 32.7 Å². The molecule has 0 unspecified atom stereocenters. The molecule has 1 rings (SSSR count). The average molecular weight is 275 g/mol. The molecule has 0 bridgehead atoms. The number of nitrogens with zero attached hydrogens (tertiary/aromatic N) is 1. The number of benzene rings is 1. The van der Waals surface area contributed by atoms with Gasteiger partial charge in [0, 0.05) is 8.95 Å². The van der Waals surface area contributed by atoms with E-state index >= 15 is 0 Å². The molecule has 0 saturated heterocycles. The van der Waals surface area contributed by atoms with Crippen molar-refractivity contribution in [1.29, 1.82) is 5.26 Å². The van der Waals surface area contributed by atoms with E-state index in [1.54, 1.807) is 0 Å². The fourth-order valence-electron chi connectivity index (χ4n) is 0.741. The Hall–Kier alpha value is -0.330. The first-order valence-corrected chi connectivity index (χ1v) is 4.63. The van der Waals surface area contributed by atoms with Gasteiger partial charge < -0.3 is 0 Å². The summed E-state index contributed by atoms with van der Waals surface area (Å²) in [4.78, 5) is 0. The van der Waals surface area contributed by atoms with Crippen molar-refractivity contribution in [2.75, 3.05) is 0 Å². The van der Waals surface area contributed by atoms with Crippen LogP contribution in [0.5, 0.6) is 0 Å². The van der Waals surface area contributed by atoms with Gasteiger partial charge in [0.2, 0.25) is 0 Å². The molecule has 3 heteroatoms. The van der Waals surface area contributed by atoms with Crippen LogP contribution < -0.4 is 0 Å². The second-order valence-electron chi connectivity index (χ2n) is 2.08. The van der Waals surface area contributed by atoms with Crippen molar-refractivity contribution in [2.24, 2.45) is 0 Å². The summed E-state index contributed by atoms with van der Waals surface area (Å²) in [5.74, 6) is 0. The van der Waals surface area contributed by atoms with Crippen LogP contribution in [0.25, 0.3) is 0 Å². The number of rotatable bonds is 1. The second-order valence-corrected chi connectivity index (χ2v) is 3.79. The normalized spacial score (nSPS) is 9.18. The highest BCUT2D eigenvalue weighted by molar-refractivity contribution is 9.13. The Balaban J connectivity index is 2.98. The summed E-state index contributed by atoms with van der Waals surface area (Å²) in [5, 5.41) is 8.40. The molecule has 56 valence electrons. The molecule has 1 aromatic rings. The SMILES string of the molecule is N#CCc1ccc(Br)c(Br)c1. The first-order valence-electron chi connectivity index (χ1n) is 3.05. The fraction of sp³-hybridized carbons (Fsp3) is 0.125. The summed E-state index contributed by atoms with van der Waals surface area (Å²) in [7, 11) is 0. The van der Waals surface area contributed by atoms with E-state index in [1.807, 2.05) is 18.2 Å². The number of hydrogen-bond acceptors (Lipinski definition) is 1. The first-order chi connectivity index (χ1) is 5.24. The standard InChI is InChI=1S/C8H5Br2N/c9-7-2-1-6(3-4-11)5-8(7)10/h1-2,5H,3H2. The molecule has 11 heavy (non-hydrogen) atoms. The Kier molecular flexibility index (Phi) is 3.10. The van der Waals surface area contributed by atoms with E-state index in [0.717, 1.165) is 14.5 Å². The molecule has 1 nitrogen and oxygen atoms in total. The maximum absolute atomic E-state index is 8.40. The molecule has 0 aliphatic carbocycles. The molecule has 0 amide bonds. The van der Waals surface area contributed by atoms with Crippen molar-refractivity contribution in [1.82, 2.24) is 0 Å². The van der Waals surface area contributed by atoms with Crippen LogP contribution in [0.2, 0.25) is 0 Å². The molecule has 1 aromatic carbocycles. The van der Waals surface area contributed by atoms with E-state index in [9.17, 15) is 0 Å². The van der Waals surface area contributed by atoms with Gasteiger partial charge in [0.05, 0.1) is 12.5 Å². The van der Waals surface area contributed by atoms with Crippen LogP contribution in [0.4, 0.5) is 0 Å². The largest absolute Gasteiger partial charge is 0.198 e. The molecule has 0 radical (unpaired) electrons. The summed E-state index contributed by atoms with van der Waals surface area (Å²) in [5.41, 5.74) is 1.03. The van der Waals surface area contributed by atoms with Crippen molar-refractivity contribution in [3.63, 3.8) is 0 Å². The minimum atomic E-state index is 0.464. The predicted octanol–water partition coefficient (Wildman–Crippen LogP) is 3.28. The molecule has 0 aliphatic heterocycles. The van der Waals surface area contributed by atoms with Gasteiger partial charge in [-0.1, -0.05) is 6.07 Å². The molecule has 0 heterocycles. The molecule has 0 aliphatic rings. The predicted molar refractivity (Wildman–Crippen MR) is 51.2 cm³/mol. The zero-order chi connectivity index (χ0) is 8.27. The molecule has 0 saturated carbocycles. The molecular formula is C8H5Br2N. The molecular weight excluding hydrogens is 270 g/mol.